The minimum Gasteiger partial charge on any atom is -0.474 e. The van der Waals surface area contributed by atoms with E-state index in [2.05, 4.69) is 32.9 Å². The molecule has 1 N–H and O–H groups in total. The zero-order valence-corrected chi connectivity index (χ0v) is 17.7. The summed E-state index contributed by atoms with van der Waals surface area (Å²) in [4.78, 5) is 9.52. The number of pyridine rings is 1. The van der Waals surface area contributed by atoms with Crippen molar-refractivity contribution in [2.75, 3.05) is 6.61 Å². The third-order valence-corrected chi connectivity index (χ3v) is 6.61. The molecule has 2 aliphatic rings. The normalized spacial score (nSPS) is 28.1. The number of hydrogen-bond donors (Lipinski definition) is 1. The lowest BCUT2D eigenvalue weighted by Crippen LogP contribution is -2.32. The van der Waals surface area contributed by atoms with E-state index in [0.29, 0.717) is 36.0 Å². The molecule has 1 aliphatic carbocycles. The van der Waals surface area contributed by atoms with Crippen molar-refractivity contribution in [2.45, 2.75) is 52.2 Å². The SMILES string of the molecule is CC(C)[C@@H]1CC[C@@H](C)C[C@@H]1[C@H](O)c1cccc(C2=N[C@H](c3ccccc3)CO2)n1. The molecule has 4 nitrogen and oxygen atoms in total. The lowest BCUT2D eigenvalue weighted by molar-refractivity contribution is 0.0121. The van der Waals surface area contributed by atoms with Crippen molar-refractivity contribution < 1.29 is 9.84 Å². The molecule has 1 aromatic carbocycles. The fraction of sp³-hybridized carbons (Fsp3) is 0.520. The fourth-order valence-corrected chi connectivity index (χ4v) is 4.95. The molecule has 154 valence electrons. The molecule has 1 fully saturated rings. The standard InChI is InChI=1S/C25H32N2O2/c1-16(2)19-13-12-17(3)14-20(19)24(28)21-10-7-11-22(26-21)25-27-23(15-29-25)18-8-5-4-6-9-18/h4-11,16-17,19-20,23-24,28H,12-15H2,1-3H3/t17-,19+,20+,23+,24+/m1/s1. The van der Waals surface area contributed by atoms with Gasteiger partial charge in [0, 0.05) is 0 Å². The Morgan fingerprint density at radius 1 is 1.00 bits per heavy atom. The Bertz CT molecular complexity index is 849. The molecule has 29 heavy (non-hydrogen) atoms. The molecule has 0 unspecified atom stereocenters. The Morgan fingerprint density at radius 2 is 1.79 bits per heavy atom. The van der Waals surface area contributed by atoms with Crippen LogP contribution >= 0.6 is 0 Å². The summed E-state index contributed by atoms with van der Waals surface area (Å²) >= 11 is 0. The zero-order chi connectivity index (χ0) is 20.4. The zero-order valence-electron chi connectivity index (χ0n) is 17.7. The first-order valence-electron chi connectivity index (χ1n) is 10.9. The van der Waals surface area contributed by atoms with E-state index in [4.69, 9.17) is 14.7 Å². The second-order valence-corrected chi connectivity index (χ2v) is 9.05. The van der Waals surface area contributed by atoms with E-state index in [1.807, 2.05) is 36.4 Å². The van der Waals surface area contributed by atoms with Crippen LogP contribution in [-0.4, -0.2) is 22.6 Å². The molecule has 0 spiro atoms. The van der Waals surface area contributed by atoms with E-state index in [0.717, 1.165) is 17.7 Å². The van der Waals surface area contributed by atoms with E-state index < -0.39 is 6.10 Å². The number of aromatic nitrogens is 1. The average molecular weight is 393 g/mol. The van der Waals surface area contributed by atoms with Gasteiger partial charge >= 0.3 is 0 Å². The predicted octanol–water partition coefficient (Wildman–Crippen LogP) is 5.34. The van der Waals surface area contributed by atoms with Gasteiger partial charge in [-0.15, -0.1) is 0 Å². The summed E-state index contributed by atoms with van der Waals surface area (Å²) < 4.78 is 5.87. The Balaban J connectivity index is 1.55. The molecule has 1 aliphatic heterocycles. The van der Waals surface area contributed by atoms with Crippen molar-refractivity contribution >= 4 is 5.90 Å². The first-order chi connectivity index (χ1) is 14.0. The summed E-state index contributed by atoms with van der Waals surface area (Å²) in [6.45, 7) is 7.37. The molecule has 0 saturated heterocycles. The molecule has 4 heteroatoms. The quantitative estimate of drug-likeness (QED) is 0.747. The van der Waals surface area contributed by atoms with Crippen molar-refractivity contribution in [1.82, 2.24) is 4.98 Å². The lowest BCUT2D eigenvalue weighted by atomic mass is 9.67. The Labute approximate surface area is 174 Å². The van der Waals surface area contributed by atoms with Crippen LogP contribution < -0.4 is 0 Å². The van der Waals surface area contributed by atoms with Gasteiger partial charge in [0.15, 0.2) is 0 Å². The minimum absolute atomic E-state index is 0.00564. The number of benzene rings is 1. The van der Waals surface area contributed by atoms with Crippen LogP contribution in [0.3, 0.4) is 0 Å². The Hall–Kier alpha value is -2.20. The van der Waals surface area contributed by atoms with E-state index in [1.165, 1.54) is 12.8 Å². The van der Waals surface area contributed by atoms with Crippen LogP contribution in [-0.2, 0) is 4.74 Å². The van der Waals surface area contributed by atoms with Crippen LogP contribution in [0.2, 0.25) is 0 Å². The van der Waals surface area contributed by atoms with Gasteiger partial charge < -0.3 is 9.84 Å². The van der Waals surface area contributed by atoms with Gasteiger partial charge in [0.1, 0.15) is 18.3 Å². The third kappa shape index (κ3) is 4.37. The van der Waals surface area contributed by atoms with Crippen LogP contribution in [0.5, 0.6) is 0 Å². The van der Waals surface area contributed by atoms with Gasteiger partial charge in [-0.3, -0.25) is 0 Å². The molecule has 2 aromatic rings. The summed E-state index contributed by atoms with van der Waals surface area (Å²) in [5.41, 5.74) is 2.60. The second kappa shape index (κ2) is 8.66. The average Bonchev–Trinajstić information content (AvgIpc) is 3.24. The van der Waals surface area contributed by atoms with Gasteiger partial charge in [-0.05, 0) is 54.2 Å². The lowest BCUT2D eigenvalue weighted by Gasteiger charge is -2.39. The summed E-state index contributed by atoms with van der Waals surface area (Å²) in [5, 5.41) is 11.2. The van der Waals surface area contributed by atoms with Crippen molar-refractivity contribution in [3.8, 4) is 0 Å². The highest BCUT2D eigenvalue weighted by atomic mass is 16.5. The molecule has 1 saturated carbocycles. The molecule has 4 rings (SSSR count). The summed E-state index contributed by atoms with van der Waals surface area (Å²) in [6, 6.07) is 16.0. The molecule has 0 bridgehead atoms. The van der Waals surface area contributed by atoms with Crippen LogP contribution in [0, 0.1) is 23.7 Å². The van der Waals surface area contributed by atoms with E-state index in [1.54, 1.807) is 0 Å². The number of ether oxygens (including phenoxy) is 1. The topological polar surface area (TPSA) is 54.7 Å². The smallest absolute Gasteiger partial charge is 0.236 e. The van der Waals surface area contributed by atoms with Crippen molar-refractivity contribution in [2.24, 2.45) is 28.7 Å². The predicted molar refractivity (Wildman–Crippen MR) is 116 cm³/mol. The number of aliphatic hydroxyl groups excluding tert-OH is 1. The van der Waals surface area contributed by atoms with Crippen molar-refractivity contribution in [3.05, 3.63) is 65.5 Å². The summed E-state index contributed by atoms with van der Waals surface area (Å²) in [7, 11) is 0. The Morgan fingerprint density at radius 3 is 2.55 bits per heavy atom. The third-order valence-electron chi connectivity index (χ3n) is 6.61. The molecule has 0 radical (unpaired) electrons. The molecule has 2 heterocycles. The van der Waals surface area contributed by atoms with Gasteiger partial charge in [-0.1, -0.05) is 63.6 Å². The highest BCUT2D eigenvalue weighted by Crippen LogP contribution is 2.44. The molecular formula is C25H32N2O2. The highest BCUT2D eigenvalue weighted by molar-refractivity contribution is 5.93. The summed E-state index contributed by atoms with van der Waals surface area (Å²) in [6.07, 6.45) is 2.96. The Kier molecular flexibility index (Phi) is 6.00. The molecule has 5 atom stereocenters. The van der Waals surface area contributed by atoms with Crippen molar-refractivity contribution in [3.63, 3.8) is 0 Å². The number of hydrogen-bond acceptors (Lipinski definition) is 4. The molecule has 1 aromatic heterocycles. The van der Waals surface area contributed by atoms with Gasteiger partial charge in [-0.2, -0.15) is 0 Å². The van der Waals surface area contributed by atoms with Crippen LogP contribution in [0.25, 0.3) is 0 Å². The van der Waals surface area contributed by atoms with E-state index >= 15 is 0 Å². The maximum absolute atomic E-state index is 11.2. The minimum atomic E-state index is -0.544. The number of rotatable bonds is 5. The van der Waals surface area contributed by atoms with E-state index in [-0.39, 0.29) is 12.0 Å². The first-order valence-corrected chi connectivity index (χ1v) is 10.9. The molecule has 0 amide bonds. The maximum atomic E-state index is 11.2. The highest BCUT2D eigenvalue weighted by Gasteiger charge is 2.36. The van der Waals surface area contributed by atoms with Gasteiger partial charge in [0.25, 0.3) is 0 Å². The maximum Gasteiger partial charge on any atom is 0.236 e. The van der Waals surface area contributed by atoms with Gasteiger partial charge in [-0.25, -0.2) is 9.98 Å². The number of aliphatic hydroxyl groups is 1. The van der Waals surface area contributed by atoms with Crippen molar-refractivity contribution in [1.29, 1.82) is 0 Å². The second-order valence-electron chi connectivity index (χ2n) is 9.05. The monoisotopic (exact) mass is 392 g/mol. The molecular weight excluding hydrogens is 360 g/mol. The largest absolute Gasteiger partial charge is 0.474 e. The van der Waals surface area contributed by atoms with Gasteiger partial charge in [0.05, 0.1) is 11.8 Å². The van der Waals surface area contributed by atoms with Gasteiger partial charge in [0.2, 0.25) is 5.90 Å². The van der Waals surface area contributed by atoms with Crippen LogP contribution in [0.1, 0.15) is 69.1 Å². The van der Waals surface area contributed by atoms with Crippen LogP contribution in [0.4, 0.5) is 0 Å². The van der Waals surface area contributed by atoms with Crippen LogP contribution in [0.15, 0.2) is 53.5 Å². The number of nitrogens with zero attached hydrogens (tertiary/aromatic N) is 2. The number of aliphatic imine (C=N–C) groups is 1. The summed E-state index contributed by atoms with van der Waals surface area (Å²) in [5.74, 6) is 2.59. The van der Waals surface area contributed by atoms with E-state index in [9.17, 15) is 5.11 Å². The first kappa shape index (κ1) is 20.1. The fourth-order valence-electron chi connectivity index (χ4n) is 4.95.